The number of carbonyl (C=O) groups excluding carboxylic acids is 1. The zero-order valence-corrected chi connectivity index (χ0v) is 17.3. The van der Waals surface area contributed by atoms with Crippen LogP contribution >= 0.6 is 0 Å². The molecular formula is C19H21FN6O3S. The first-order valence-electron chi connectivity index (χ1n) is 9.27. The molecule has 0 fully saturated rings. The quantitative estimate of drug-likeness (QED) is 0.584. The molecule has 0 aliphatic heterocycles. The summed E-state index contributed by atoms with van der Waals surface area (Å²) in [5.74, 6) is -0.507. The van der Waals surface area contributed by atoms with E-state index in [4.69, 9.17) is 0 Å². The van der Waals surface area contributed by atoms with Gasteiger partial charge in [-0.15, -0.1) is 10.2 Å². The summed E-state index contributed by atoms with van der Waals surface area (Å²) in [5, 5.41) is 14.4. The molecule has 0 saturated heterocycles. The molecule has 0 aliphatic rings. The summed E-state index contributed by atoms with van der Waals surface area (Å²) in [6, 6.07) is 11.5. The van der Waals surface area contributed by atoms with E-state index in [2.05, 4.69) is 20.7 Å². The summed E-state index contributed by atoms with van der Waals surface area (Å²) >= 11 is 0. The molecule has 0 bridgehead atoms. The molecule has 2 aromatic carbocycles. The van der Waals surface area contributed by atoms with Crippen LogP contribution in [0.5, 0.6) is 0 Å². The van der Waals surface area contributed by atoms with E-state index in [-0.39, 0.29) is 23.1 Å². The number of tetrazole rings is 1. The van der Waals surface area contributed by atoms with Crippen LogP contribution in [0.3, 0.4) is 0 Å². The standard InChI is InChI=1S/C19H21FN6O3S/c1-3-25(4-2)30(28,29)17-11-9-16(10-12-17)21-18(27)13-26-23-19(22-24-26)14-5-7-15(20)8-6-14/h5-12H,3-4,13H2,1-2H3,(H,21,27). The van der Waals surface area contributed by atoms with Gasteiger partial charge in [-0.05, 0) is 53.7 Å². The summed E-state index contributed by atoms with van der Waals surface area (Å²) in [4.78, 5) is 13.5. The number of nitrogens with zero attached hydrogens (tertiary/aromatic N) is 5. The second kappa shape index (κ2) is 9.09. The fraction of sp³-hybridized carbons (Fsp3) is 0.263. The van der Waals surface area contributed by atoms with Crippen molar-refractivity contribution in [2.75, 3.05) is 18.4 Å². The van der Waals surface area contributed by atoms with Crippen molar-refractivity contribution in [1.82, 2.24) is 24.5 Å². The molecule has 0 saturated carbocycles. The third kappa shape index (κ3) is 4.86. The number of nitrogens with one attached hydrogen (secondary N) is 1. The average molecular weight is 432 g/mol. The van der Waals surface area contributed by atoms with E-state index >= 15 is 0 Å². The second-order valence-corrected chi connectivity index (χ2v) is 8.25. The lowest BCUT2D eigenvalue weighted by Crippen LogP contribution is -2.30. The van der Waals surface area contributed by atoms with E-state index in [9.17, 15) is 17.6 Å². The summed E-state index contributed by atoms with van der Waals surface area (Å²) in [5.41, 5.74) is 1.02. The van der Waals surface area contributed by atoms with E-state index in [0.29, 0.717) is 24.3 Å². The lowest BCUT2D eigenvalue weighted by atomic mass is 10.2. The number of amides is 1. The van der Waals surface area contributed by atoms with Crippen LogP contribution in [0.15, 0.2) is 53.4 Å². The SMILES string of the molecule is CCN(CC)S(=O)(=O)c1ccc(NC(=O)Cn2nnc(-c3ccc(F)cc3)n2)cc1. The minimum Gasteiger partial charge on any atom is -0.324 e. The molecule has 3 aromatic rings. The molecule has 0 unspecified atom stereocenters. The minimum atomic E-state index is -3.56. The van der Waals surface area contributed by atoms with Crippen LogP contribution in [0.2, 0.25) is 0 Å². The molecular weight excluding hydrogens is 411 g/mol. The number of carbonyl (C=O) groups is 1. The average Bonchev–Trinajstić information content (AvgIpc) is 3.18. The third-order valence-electron chi connectivity index (χ3n) is 4.32. The first kappa shape index (κ1) is 21.5. The van der Waals surface area contributed by atoms with Gasteiger partial charge in [0.25, 0.3) is 0 Å². The van der Waals surface area contributed by atoms with Crippen molar-refractivity contribution in [3.8, 4) is 11.4 Å². The molecule has 30 heavy (non-hydrogen) atoms. The number of hydrogen-bond donors (Lipinski definition) is 1. The molecule has 158 valence electrons. The maximum atomic E-state index is 13.0. The van der Waals surface area contributed by atoms with Crippen molar-refractivity contribution in [2.24, 2.45) is 0 Å². The van der Waals surface area contributed by atoms with E-state index in [1.807, 2.05) is 0 Å². The Morgan fingerprint density at radius 1 is 1.07 bits per heavy atom. The molecule has 0 radical (unpaired) electrons. The van der Waals surface area contributed by atoms with Crippen LogP contribution in [0.25, 0.3) is 11.4 Å². The Morgan fingerprint density at radius 3 is 2.30 bits per heavy atom. The predicted octanol–water partition coefficient (Wildman–Crippen LogP) is 2.15. The van der Waals surface area contributed by atoms with E-state index < -0.39 is 15.9 Å². The normalized spacial score (nSPS) is 11.6. The van der Waals surface area contributed by atoms with Crippen molar-refractivity contribution in [3.05, 3.63) is 54.3 Å². The van der Waals surface area contributed by atoms with Crippen LogP contribution in [0.4, 0.5) is 10.1 Å². The highest BCUT2D eigenvalue weighted by Gasteiger charge is 2.21. The van der Waals surface area contributed by atoms with Crippen LogP contribution in [0, 0.1) is 5.82 Å². The number of sulfonamides is 1. The molecule has 0 atom stereocenters. The molecule has 1 aromatic heterocycles. The molecule has 1 N–H and O–H groups in total. The number of halogens is 1. The molecule has 3 rings (SSSR count). The van der Waals surface area contributed by atoms with Gasteiger partial charge in [0.05, 0.1) is 4.90 Å². The molecule has 11 heteroatoms. The Bertz CT molecular complexity index is 1110. The predicted molar refractivity (Wildman–Crippen MR) is 108 cm³/mol. The first-order chi connectivity index (χ1) is 14.3. The largest absolute Gasteiger partial charge is 0.324 e. The Labute approximate surface area is 173 Å². The highest BCUT2D eigenvalue weighted by atomic mass is 32.2. The first-order valence-corrected chi connectivity index (χ1v) is 10.7. The lowest BCUT2D eigenvalue weighted by molar-refractivity contribution is -0.117. The highest BCUT2D eigenvalue weighted by Crippen LogP contribution is 2.18. The number of anilines is 1. The van der Waals surface area contributed by atoms with Gasteiger partial charge in [-0.2, -0.15) is 9.10 Å². The van der Waals surface area contributed by atoms with Crippen molar-refractivity contribution < 1.29 is 17.6 Å². The zero-order valence-electron chi connectivity index (χ0n) is 16.5. The van der Waals surface area contributed by atoms with Gasteiger partial charge in [0, 0.05) is 24.3 Å². The highest BCUT2D eigenvalue weighted by molar-refractivity contribution is 7.89. The van der Waals surface area contributed by atoms with Gasteiger partial charge in [0.2, 0.25) is 21.8 Å². The topological polar surface area (TPSA) is 110 Å². The van der Waals surface area contributed by atoms with Crippen molar-refractivity contribution in [2.45, 2.75) is 25.3 Å². The zero-order chi connectivity index (χ0) is 21.7. The Morgan fingerprint density at radius 2 is 1.70 bits per heavy atom. The minimum absolute atomic E-state index is 0.158. The van der Waals surface area contributed by atoms with Gasteiger partial charge >= 0.3 is 0 Å². The maximum absolute atomic E-state index is 13.0. The molecule has 0 spiro atoms. The number of rotatable bonds is 8. The Kier molecular flexibility index (Phi) is 6.53. The summed E-state index contributed by atoms with van der Waals surface area (Å²) in [6.45, 7) is 4.11. The molecule has 1 amide bonds. The summed E-state index contributed by atoms with van der Waals surface area (Å²) < 4.78 is 39.4. The monoisotopic (exact) mass is 432 g/mol. The summed E-state index contributed by atoms with van der Waals surface area (Å²) in [6.07, 6.45) is 0. The van der Waals surface area contributed by atoms with E-state index in [1.165, 1.54) is 52.8 Å². The summed E-state index contributed by atoms with van der Waals surface area (Å²) in [7, 11) is -3.56. The fourth-order valence-corrected chi connectivity index (χ4v) is 4.23. The van der Waals surface area contributed by atoms with Crippen LogP contribution in [0.1, 0.15) is 13.8 Å². The van der Waals surface area contributed by atoms with Crippen LogP contribution in [-0.2, 0) is 21.4 Å². The van der Waals surface area contributed by atoms with Crippen LogP contribution in [-0.4, -0.2) is 51.9 Å². The van der Waals surface area contributed by atoms with Gasteiger partial charge in [0.15, 0.2) is 0 Å². The number of hydrogen-bond acceptors (Lipinski definition) is 6. The Hall–Kier alpha value is -3.18. The smallest absolute Gasteiger partial charge is 0.248 e. The lowest BCUT2D eigenvalue weighted by Gasteiger charge is -2.18. The molecule has 9 nitrogen and oxygen atoms in total. The van der Waals surface area contributed by atoms with Gasteiger partial charge < -0.3 is 5.32 Å². The van der Waals surface area contributed by atoms with Crippen molar-refractivity contribution in [3.63, 3.8) is 0 Å². The third-order valence-corrected chi connectivity index (χ3v) is 6.39. The van der Waals surface area contributed by atoms with Gasteiger partial charge in [-0.3, -0.25) is 4.79 Å². The van der Waals surface area contributed by atoms with Crippen LogP contribution < -0.4 is 5.32 Å². The fourth-order valence-electron chi connectivity index (χ4n) is 2.78. The second-order valence-electron chi connectivity index (χ2n) is 6.31. The molecule has 0 aliphatic carbocycles. The number of aromatic nitrogens is 4. The molecule has 1 heterocycles. The van der Waals surface area contributed by atoms with Crippen molar-refractivity contribution >= 4 is 21.6 Å². The maximum Gasteiger partial charge on any atom is 0.248 e. The van der Waals surface area contributed by atoms with Gasteiger partial charge in [-0.1, -0.05) is 13.8 Å². The van der Waals surface area contributed by atoms with Gasteiger partial charge in [0.1, 0.15) is 12.4 Å². The number of benzene rings is 2. The van der Waals surface area contributed by atoms with E-state index in [0.717, 1.165) is 4.80 Å². The van der Waals surface area contributed by atoms with E-state index in [1.54, 1.807) is 13.8 Å². The Balaban J connectivity index is 1.63. The van der Waals surface area contributed by atoms with Crippen molar-refractivity contribution in [1.29, 1.82) is 0 Å². The van der Waals surface area contributed by atoms with Gasteiger partial charge in [-0.25, -0.2) is 12.8 Å².